The maximum atomic E-state index is 5.63. The molecule has 2 N–H and O–H groups in total. The van der Waals surface area contributed by atoms with Crippen LogP contribution in [-0.4, -0.2) is 31.8 Å². The van der Waals surface area contributed by atoms with Crippen molar-refractivity contribution in [2.24, 2.45) is 4.99 Å². The van der Waals surface area contributed by atoms with Crippen LogP contribution < -0.4 is 10.6 Å². The van der Waals surface area contributed by atoms with Gasteiger partial charge in [-0.2, -0.15) is 0 Å². The van der Waals surface area contributed by atoms with Crippen LogP contribution in [0, 0.1) is 0 Å². The lowest BCUT2D eigenvalue weighted by Crippen LogP contribution is -2.38. The summed E-state index contributed by atoms with van der Waals surface area (Å²) in [5, 5.41) is 6.62. The number of hydrogen-bond donors (Lipinski definition) is 2. The van der Waals surface area contributed by atoms with Crippen LogP contribution in [0.15, 0.2) is 52.1 Å². The fraction of sp³-hybridized carbons (Fsp3) is 0.500. The van der Waals surface area contributed by atoms with Crippen molar-refractivity contribution in [3.63, 3.8) is 0 Å². The van der Waals surface area contributed by atoms with E-state index in [2.05, 4.69) is 46.8 Å². The maximum Gasteiger partial charge on any atom is 0.191 e. The molecule has 154 valence electrons. The lowest BCUT2D eigenvalue weighted by molar-refractivity contribution is 0.0657. The minimum Gasteiger partial charge on any atom is -0.467 e. The van der Waals surface area contributed by atoms with Crippen LogP contribution in [0.1, 0.15) is 44.1 Å². The van der Waals surface area contributed by atoms with Crippen LogP contribution in [0.2, 0.25) is 0 Å². The van der Waals surface area contributed by atoms with Gasteiger partial charge in [-0.1, -0.05) is 24.3 Å². The molecule has 1 aromatic heterocycles. The molecule has 1 heterocycles. The number of guanidine groups is 1. The summed E-state index contributed by atoms with van der Waals surface area (Å²) < 4.78 is 16.5. The molecule has 0 amide bonds. The minimum atomic E-state index is 0.244. The van der Waals surface area contributed by atoms with Gasteiger partial charge in [0.05, 0.1) is 25.5 Å². The molecule has 0 aliphatic rings. The van der Waals surface area contributed by atoms with Crippen LogP contribution >= 0.6 is 0 Å². The van der Waals surface area contributed by atoms with E-state index in [0.717, 1.165) is 31.2 Å². The van der Waals surface area contributed by atoms with Gasteiger partial charge in [0.15, 0.2) is 5.96 Å². The molecule has 2 rings (SSSR count). The van der Waals surface area contributed by atoms with Gasteiger partial charge in [-0.15, -0.1) is 0 Å². The number of nitrogens with one attached hydrogen (secondary N) is 2. The average molecular weight is 388 g/mol. The van der Waals surface area contributed by atoms with Gasteiger partial charge in [0, 0.05) is 19.7 Å². The van der Waals surface area contributed by atoms with Crippen molar-refractivity contribution in [1.29, 1.82) is 0 Å². The third kappa shape index (κ3) is 9.06. The minimum absolute atomic E-state index is 0.244. The second kappa shape index (κ2) is 13.0. The highest BCUT2D eigenvalue weighted by Crippen LogP contribution is 2.08. The predicted molar refractivity (Wildman–Crippen MR) is 112 cm³/mol. The highest BCUT2D eigenvalue weighted by Gasteiger charge is 2.00. The molecule has 6 nitrogen and oxygen atoms in total. The van der Waals surface area contributed by atoms with Gasteiger partial charge in [0.1, 0.15) is 12.4 Å². The molecule has 0 aliphatic heterocycles. The summed E-state index contributed by atoms with van der Waals surface area (Å²) >= 11 is 0. The molecule has 0 bridgehead atoms. The summed E-state index contributed by atoms with van der Waals surface area (Å²) in [5.74, 6) is 1.67. The zero-order valence-corrected chi connectivity index (χ0v) is 17.2. The van der Waals surface area contributed by atoms with Crippen LogP contribution in [0.4, 0.5) is 0 Å². The fourth-order valence-corrected chi connectivity index (χ4v) is 2.46. The van der Waals surface area contributed by atoms with Gasteiger partial charge in [-0.3, -0.25) is 0 Å². The summed E-state index contributed by atoms with van der Waals surface area (Å²) in [5.41, 5.74) is 2.35. The second-order valence-electron chi connectivity index (χ2n) is 6.78. The largest absolute Gasteiger partial charge is 0.467 e. The van der Waals surface area contributed by atoms with Crippen LogP contribution in [0.3, 0.4) is 0 Å². The fourth-order valence-electron chi connectivity index (χ4n) is 2.46. The summed E-state index contributed by atoms with van der Waals surface area (Å²) in [7, 11) is 0. The first-order chi connectivity index (χ1) is 13.7. The summed E-state index contributed by atoms with van der Waals surface area (Å²) in [6.45, 7) is 10.2. The average Bonchev–Trinajstić information content (AvgIpc) is 3.21. The van der Waals surface area contributed by atoms with Gasteiger partial charge in [-0.25, -0.2) is 4.99 Å². The second-order valence-corrected chi connectivity index (χ2v) is 6.78. The van der Waals surface area contributed by atoms with Crippen molar-refractivity contribution in [1.82, 2.24) is 10.6 Å². The lowest BCUT2D eigenvalue weighted by Gasteiger charge is -2.11. The molecule has 0 atom stereocenters. The van der Waals surface area contributed by atoms with E-state index in [0.29, 0.717) is 26.4 Å². The number of ether oxygens (including phenoxy) is 2. The first-order valence-corrected chi connectivity index (χ1v) is 9.99. The molecule has 0 spiro atoms. The Hall–Kier alpha value is -2.31. The molecule has 28 heavy (non-hydrogen) atoms. The molecule has 0 radical (unpaired) electrons. The van der Waals surface area contributed by atoms with Crippen LogP contribution in [0.25, 0.3) is 0 Å². The van der Waals surface area contributed by atoms with Gasteiger partial charge in [0.25, 0.3) is 0 Å². The Balaban J connectivity index is 1.68. The van der Waals surface area contributed by atoms with Crippen molar-refractivity contribution in [2.75, 3.05) is 19.7 Å². The third-order valence-corrected chi connectivity index (χ3v) is 3.95. The highest BCUT2D eigenvalue weighted by atomic mass is 16.5. The SMILES string of the molecule is CCNC(=NCc1ccc(COC(C)C)cc1)NCCCOCc1ccco1. The topological polar surface area (TPSA) is 68.0 Å². The van der Waals surface area contributed by atoms with Gasteiger partial charge in [0.2, 0.25) is 0 Å². The van der Waals surface area contributed by atoms with E-state index in [1.165, 1.54) is 11.1 Å². The molecule has 0 fully saturated rings. The predicted octanol–water partition coefficient (Wildman–Crippen LogP) is 3.87. The van der Waals surface area contributed by atoms with Gasteiger partial charge in [-0.05, 0) is 50.5 Å². The van der Waals surface area contributed by atoms with Crippen molar-refractivity contribution in [3.05, 3.63) is 59.5 Å². The Morgan fingerprint density at radius 2 is 1.86 bits per heavy atom. The van der Waals surface area contributed by atoms with E-state index in [1.807, 2.05) is 26.0 Å². The summed E-state index contributed by atoms with van der Waals surface area (Å²) in [6.07, 6.45) is 2.80. The monoisotopic (exact) mass is 387 g/mol. The van der Waals surface area contributed by atoms with E-state index in [1.54, 1.807) is 6.26 Å². The van der Waals surface area contributed by atoms with Gasteiger partial charge < -0.3 is 24.5 Å². The molecule has 0 saturated carbocycles. The molecule has 0 saturated heterocycles. The lowest BCUT2D eigenvalue weighted by atomic mass is 10.1. The van der Waals surface area contributed by atoms with Crippen molar-refractivity contribution < 1.29 is 13.9 Å². The smallest absolute Gasteiger partial charge is 0.191 e. The van der Waals surface area contributed by atoms with E-state index in [-0.39, 0.29) is 6.10 Å². The molecular formula is C22H33N3O3. The first-order valence-electron chi connectivity index (χ1n) is 9.99. The highest BCUT2D eigenvalue weighted by molar-refractivity contribution is 5.79. The van der Waals surface area contributed by atoms with Gasteiger partial charge >= 0.3 is 0 Å². The molecule has 2 aromatic rings. The number of rotatable bonds is 12. The van der Waals surface area contributed by atoms with Crippen molar-refractivity contribution in [2.45, 2.75) is 53.1 Å². The standard InChI is InChI=1S/C22H33N3O3/c1-4-23-22(24-12-6-13-26-17-21-7-5-14-27-21)25-15-19-8-10-20(11-9-19)16-28-18(2)3/h5,7-11,14,18H,4,6,12-13,15-17H2,1-3H3,(H2,23,24,25). The van der Waals surface area contributed by atoms with Crippen LogP contribution in [0.5, 0.6) is 0 Å². The number of hydrogen-bond acceptors (Lipinski definition) is 4. The van der Waals surface area contributed by atoms with E-state index >= 15 is 0 Å². The molecule has 1 aromatic carbocycles. The number of furan rings is 1. The Labute approximate surface area is 168 Å². The Bertz CT molecular complexity index is 667. The third-order valence-electron chi connectivity index (χ3n) is 3.95. The number of aliphatic imine (C=N–C) groups is 1. The quantitative estimate of drug-likeness (QED) is 0.329. The van der Waals surface area contributed by atoms with Crippen LogP contribution in [-0.2, 0) is 29.2 Å². The number of nitrogens with zero attached hydrogens (tertiary/aromatic N) is 1. The molecule has 0 unspecified atom stereocenters. The maximum absolute atomic E-state index is 5.63. The normalized spacial score (nSPS) is 11.8. The summed E-state index contributed by atoms with van der Waals surface area (Å²) in [6, 6.07) is 12.2. The molecule has 0 aliphatic carbocycles. The Morgan fingerprint density at radius 3 is 2.54 bits per heavy atom. The molecular weight excluding hydrogens is 354 g/mol. The Morgan fingerprint density at radius 1 is 1.07 bits per heavy atom. The van der Waals surface area contributed by atoms with Crippen molar-refractivity contribution >= 4 is 5.96 Å². The molecule has 6 heteroatoms. The summed E-state index contributed by atoms with van der Waals surface area (Å²) in [4.78, 5) is 4.65. The zero-order chi connectivity index (χ0) is 20.0. The Kier molecular flexibility index (Phi) is 10.2. The first kappa shape index (κ1) is 22.0. The van der Waals surface area contributed by atoms with Crippen molar-refractivity contribution in [3.8, 4) is 0 Å². The van der Waals surface area contributed by atoms with E-state index < -0.39 is 0 Å². The van der Waals surface area contributed by atoms with E-state index in [4.69, 9.17) is 13.9 Å². The zero-order valence-electron chi connectivity index (χ0n) is 17.2. The number of benzene rings is 1. The van der Waals surface area contributed by atoms with E-state index in [9.17, 15) is 0 Å².